The molecule has 1 aliphatic heterocycles. The molecule has 0 aliphatic carbocycles. The number of H-pyrrole nitrogens is 1. The summed E-state index contributed by atoms with van der Waals surface area (Å²) in [5.41, 5.74) is 5.98. The number of benzene rings is 3. The van der Waals surface area contributed by atoms with E-state index in [2.05, 4.69) is 22.1 Å². The lowest BCUT2D eigenvalue weighted by atomic mass is 9.92. The van der Waals surface area contributed by atoms with Gasteiger partial charge in [-0.2, -0.15) is 5.06 Å². The lowest BCUT2D eigenvalue weighted by molar-refractivity contribution is -0.192. The standard InChI is InChI=1S/C33H36N3O6P/c1-22-7-9-24(10-8-22)11-12-25-13-15-26(16-14-25)20-36-31(29(21-41-43(39)40)32(42-36)23(2)37)33(38)34-18-17-27-19-35-30-6-4-3-5-28(27)30/h3-10,13-16,19,23,29,31-32,35,37,39-40H,17-18,20-21H2,1-2H3,(H,34,38)/t23?,29-,31-,32?/m0/s1. The predicted octanol–water partition coefficient (Wildman–Crippen LogP) is 3.94. The molecule has 2 unspecified atom stereocenters. The van der Waals surface area contributed by atoms with E-state index < -0.39 is 32.8 Å². The van der Waals surface area contributed by atoms with Crippen LogP contribution >= 0.6 is 8.60 Å². The number of carbonyl (C=O) groups is 1. The second-order valence-corrected chi connectivity index (χ2v) is 11.5. The highest BCUT2D eigenvalue weighted by atomic mass is 31.2. The van der Waals surface area contributed by atoms with Crippen LogP contribution in [0.25, 0.3) is 10.9 Å². The van der Waals surface area contributed by atoms with E-state index in [1.165, 1.54) is 5.56 Å². The van der Waals surface area contributed by atoms with Crippen LogP contribution in [0.5, 0.6) is 0 Å². The zero-order valence-corrected chi connectivity index (χ0v) is 25.0. The minimum atomic E-state index is -2.64. The number of fused-ring (bicyclic) bond motifs is 1. The molecule has 43 heavy (non-hydrogen) atoms. The molecule has 1 fully saturated rings. The van der Waals surface area contributed by atoms with Crippen molar-refractivity contribution in [2.24, 2.45) is 5.92 Å². The molecule has 9 nitrogen and oxygen atoms in total. The minimum Gasteiger partial charge on any atom is -0.391 e. The van der Waals surface area contributed by atoms with Crippen LogP contribution in [-0.4, -0.2) is 62.2 Å². The molecule has 5 rings (SSSR count). The number of hydroxylamine groups is 2. The Morgan fingerprint density at radius 1 is 1.07 bits per heavy atom. The lowest BCUT2D eigenvalue weighted by Crippen LogP contribution is -2.48. The topological polar surface area (TPSA) is 127 Å². The summed E-state index contributed by atoms with van der Waals surface area (Å²) in [6, 6.07) is 22.9. The second-order valence-electron chi connectivity index (χ2n) is 10.8. The van der Waals surface area contributed by atoms with Gasteiger partial charge in [-0.15, -0.1) is 0 Å². The molecule has 1 saturated heterocycles. The molecule has 4 aromatic rings. The summed E-state index contributed by atoms with van der Waals surface area (Å²) in [5, 5.41) is 16.2. The maximum absolute atomic E-state index is 13.6. The van der Waals surface area contributed by atoms with E-state index in [-0.39, 0.29) is 19.1 Å². The first-order chi connectivity index (χ1) is 20.8. The number of amides is 1. The molecule has 0 saturated carbocycles. The Bertz CT molecular complexity index is 1580. The van der Waals surface area contributed by atoms with Gasteiger partial charge in [0.15, 0.2) is 0 Å². The Kier molecular flexibility index (Phi) is 10.2. The molecule has 0 bridgehead atoms. The maximum atomic E-state index is 13.6. The Labute approximate surface area is 252 Å². The first-order valence-corrected chi connectivity index (χ1v) is 15.4. The largest absolute Gasteiger partial charge is 0.391 e. The summed E-state index contributed by atoms with van der Waals surface area (Å²) < 4.78 is 5.14. The SMILES string of the molecule is Cc1ccc(C#Cc2ccc(CN3OC(C(C)O)[C@@H](COP(O)O)[C@H]3C(=O)NCCc3c[nH]c4ccccc34)cc2)cc1. The van der Waals surface area contributed by atoms with Crippen LogP contribution in [0.15, 0.2) is 79.0 Å². The van der Waals surface area contributed by atoms with Crippen molar-refractivity contribution in [3.05, 3.63) is 107 Å². The molecule has 5 N–H and O–H groups in total. The molecule has 4 atom stereocenters. The van der Waals surface area contributed by atoms with Crippen molar-refractivity contribution >= 4 is 25.4 Å². The highest BCUT2D eigenvalue weighted by molar-refractivity contribution is 7.39. The van der Waals surface area contributed by atoms with Gasteiger partial charge in [-0.25, -0.2) is 0 Å². The number of hydrogen-bond donors (Lipinski definition) is 5. The van der Waals surface area contributed by atoms with Crippen molar-refractivity contribution in [2.75, 3.05) is 13.2 Å². The smallest absolute Gasteiger partial charge is 0.327 e. The van der Waals surface area contributed by atoms with Crippen molar-refractivity contribution in [1.82, 2.24) is 15.4 Å². The normalized spacial score (nSPS) is 19.3. The van der Waals surface area contributed by atoms with E-state index in [1.54, 1.807) is 12.0 Å². The Morgan fingerprint density at radius 3 is 2.42 bits per heavy atom. The van der Waals surface area contributed by atoms with Crippen LogP contribution < -0.4 is 5.32 Å². The Hall–Kier alpha value is -3.58. The van der Waals surface area contributed by atoms with Crippen LogP contribution in [-0.2, 0) is 27.1 Å². The summed E-state index contributed by atoms with van der Waals surface area (Å²) in [7, 11) is -2.64. The zero-order chi connectivity index (χ0) is 30.3. The average Bonchev–Trinajstić information content (AvgIpc) is 3.58. The van der Waals surface area contributed by atoms with Crippen molar-refractivity contribution in [3.63, 3.8) is 0 Å². The first kappa shape index (κ1) is 30.9. The number of hydrogen-bond acceptors (Lipinski definition) is 7. The van der Waals surface area contributed by atoms with Crippen molar-refractivity contribution in [3.8, 4) is 11.8 Å². The predicted molar refractivity (Wildman–Crippen MR) is 165 cm³/mol. The van der Waals surface area contributed by atoms with Gasteiger partial charge in [0, 0.05) is 40.7 Å². The summed E-state index contributed by atoms with van der Waals surface area (Å²) in [6.45, 7) is 4.10. The summed E-state index contributed by atoms with van der Waals surface area (Å²) in [5.74, 6) is 5.41. The van der Waals surface area contributed by atoms with Gasteiger partial charge in [-0.3, -0.25) is 9.63 Å². The first-order valence-electron chi connectivity index (χ1n) is 14.2. The third-order valence-electron chi connectivity index (χ3n) is 7.59. The lowest BCUT2D eigenvalue weighted by Gasteiger charge is -2.25. The molecular formula is C33H36N3O6P. The van der Waals surface area contributed by atoms with Gasteiger partial charge in [0.2, 0.25) is 5.91 Å². The third kappa shape index (κ3) is 7.88. The fourth-order valence-corrected chi connectivity index (χ4v) is 5.66. The number of aromatic amines is 1. The molecule has 10 heteroatoms. The minimum absolute atomic E-state index is 0.168. The number of aromatic nitrogens is 1. The third-order valence-corrected chi connectivity index (χ3v) is 7.97. The number of carbonyl (C=O) groups excluding carboxylic acids is 1. The van der Waals surface area contributed by atoms with E-state index >= 15 is 0 Å². The quantitative estimate of drug-likeness (QED) is 0.138. The van der Waals surface area contributed by atoms with Gasteiger partial charge in [0.1, 0.15) is 12.1 Å². The maximum Gasteiger partial charge on any atom is 0.327 e. The number of aliphatic hydroxyl groups is 1. The molecular weight excluding hydrogens is 565 g/mol. The summed E-state index contributed by atoms with van der Waals surface area (Å²) in [6.07, 6.45) is 0.859. The van der Waals surface area contributed by atoms with E-state index in [0.29, 0.717) is 13.0 Å². The number of aliphatic hydroxyl groups excluding tert-OH is 1. The van der Waals surface area contributed by atoms with E-state index in [1.807, 2.05) is 85.9 Å². The van der Waals surface area contributed by atoms with Crippen LogP contribution in [0, 0.1) is 24.7 Å². The van der Waals surface area contributed by atoms with E-state index in [4.69, 9.17) is 9.36 Å². The number of para-hydroxylation sites is 1. The highest BCUT2D eigenvalue weighted by Gasteiger charge is 2.49. The Morgan fingerprint density at radius 2 is 1.74 bits per heavy atom. The molecule has 0 spiro atoms. The van der Waals surface area contributed by atoms with Crippen LogP contribution in [0.3, 0.4) is 0 Å². The Balaban J connectivity index is 1.30. The number of nitrogens with zero attached hydrogens (tertiary/aromatic N) is 1. The van der Waals surface area contributed by atoms with Gasteiger partial charge in [0.05, 0.1) is 19.3 Å². The molecule has 0 radical (unpaired) electrons. The molecule has 2 heterocycles. The summed E-state index contributed by atoms with van der Waals surface area (Å²) >= 11 is 0. The number of aryl methyl sites for hydroxylation is 1. The van der Waals surface area contributed by atoms with Gasteiger partial charge < -0.3 is 29.7 Å². The molecule has 3 aromatic carbocycles. The molecule has 224 valence electrons. The van der Waals surface area contributed by atoms with E-state index in [0.717, 1.165) is 33.2 Å². The fraction of sp³-hybridized carbons (Fsp3) is 0.303. The zero-order valence-electron chi connectivity index (χ0n) is 24.1. The number of nitrogens with one attached hydrogen (secondary N) is 2. The van der Waals surface area contributed by atoms with Crippen molar-refractivity contribution < 1.29 is 29.0 Å². The monoisotopic (exact) mass is 601 g/mol. The van der Waals surface area contributed by atoms with Gasteiger partial charge in [-0.1, -0.05) is 59.9 Å². The average molecular weight is 602 g/mol. The molecule has 1 aromatic heterocycles. The van der Waals surface area contributed by atoms with Gasteiger partial charge >= 0.3 is 8.60 Å². The van der Waals surface area contributed by atoms with Crippen LogP contribution in [0.4, 0.5) is 0 Å². The van der Waals surface area contributed by atoms with Crippen molar-refractivity contribution in [2.45, 2.75) is 45.1 Å². The fourth-order valence-electron chi connectivity index (χ4n) is 5.36. The van der Waals surface area contributed by atoms with E-state index in [9.17, 15) is 19.7 Å². The summed E-state index contributed by atoms with van der Waals surface area (Å²) in [4.78, 5) is 41.8. The molecule has 1 aliphatic rings. The second kappa shape index (κ2) is 14.3. The van der Waals surface area contributed by atoms with Gasteiger partial charge in [-0.05, 0) is 61.7 Å². The van der Waals surface area contributed by atoms with Gasteiger partial charge in [0.25, 0.3) is 0 Å². The van der Waals surface area contributed by atoms with Crippen LogP contribution in [0.2, 0.25) is 0 Å². The van der Waals surface area contributed by atoms with Crippen molar-refractivity contribution in [1.29, 1.82) is 0 Å². The molecule has 1 amide bonds. The highest BCUT2D eigenvalue weighted by Crippen LogP contribution is 2.35. The van der Waals surface area contributed by atoms with Crippen LogP contribution in [0.1, 0.15) is 34.7 Å². The number of rotatable bonds is 10.